The molecule has 1 rings (SSSR count). The maximum Gasteiger partial charge on any atom is 0.243 e. The highest BCUT2D eigenvalue weighted by molar-refractivity contribution is 7.89. The quantitative estimate of drug-likeness (QED) is 0.805. The number of rotatable bonds is 6. The Hall–Kier alpha value is -1.18. The van der Waals surface area contributed by atoms with Crippen LogP contribution in [0.2, 0.25) is 0 Å². The molecule has 7 heteroatoms. The first-order valence-corrected chi connectivity index (χ1v) is 7.30. The van der Waals surface area contributed by atoms with Crippen LogP contribution in [-0.2, 0) is 14.8 Å². The van der Waals surface area contributed by atoms with Crippen molar-refractivity contribution in [3.05, 3.63) is 24.0 Å². The van der Waals surface area contributed by atoms with Crippen LogP contribution < -0.4 is 5.73 Å². The van der Waals surface area contributed by atoms with E-state index < -0.39 is 15.8 Å². The van der Waals surface area contributed by atoms with E-state index in [-0.39, 0.29) is 29.8 Å². The third kappa shape index (κ3) is 3.65. The van der Waals surface area contributed by atoms with E-state index in [1.807, 2.05) is 0 Å². The second kappa shape index (κ2) is 6.31. The summed E-state index contributed by atoms with van der Waals surface area (Å²) < 4.78 is 44.4. The lowest BCUT2D eigenvalue weighted by Crippen LogP contribution is -2.39. The van der Waals surface area contributed by atoms with Crippen LogP contribution in [0.25, 0.3) is 0 Å². The molecule has 19 heavy (non-hydrogen) atoms. The lowest BCUT2D eigenvalue weighted by Gasteiger charge is -2.25. The number of anilines is 1. The van der Waals surface area contributed by atoms with E-state index in [9.17, 15) is 12.8 Å². The van der Waals surface area contributed by atoms with E-state index >= 15 is 0 Å². The van der Waals surface area contributed by atoms with Crippen molar-refractivity contribution in [3.63, 3.8) is 0 Å². The van der Waals surface area contributed by atoms with Gasteiger partial charge in [0.2, 0.25) is 10.0 Å². The van der Waals surface area contributed by atoms with Crippen LogP contribution in [0.3, 0.4) is 0 Å². The Bertz CT molecular complexity index is 532. The molecule has 0 fully saturated rings. The molecule has 0 aliphatic heterocycles. The molecule has 0 aromatic heterocycles. The van der Waals surface area contributed by atoms with Gasteiger partial charge >= 0.3 is 0 Å². The first kappa shape index (κ1) is 15.9. The Labute approximate surface area is 113 Å². The van der Waals surface area contributed by atoms with Gasteiger partial charge in [0.25, 0.3) is 0 Å². The lowest BCUT2D eigenvalue weighted by atomic mass is 10.3. The number of sulfonamides is 1. The summed E-state index contributed by atoms with van der Waals surface area (Å²) in [5.74, 6) is -0.739. The highest BCUT2D eigenvalue weighted by Gasteiger charge is 2.27. The molecule has 0 atom stereocenters. The van der Waals surface area contributed by atoms with E-state index in [0.717, 1.165) is 6.07 Å². The number of hydrogen-bond acceptors (Lipinski definition) is 4. The van der Waals surface area contributed by atoms with Crippen molar-refractivity contribution in [2.75, 3.05) is 26.0 Å². The molecule has 0 spiro atoms. The number of nitrogens with two attached hydrogens (primary N) is 1. The van der Waals surface area contributed by atoms with E-state index in [1.54, 1.807) is 13.8 Å². The number of nitrogen functional groups attached to an aromatic ring is 1. The van der Waals surface area contributed by atoms with Crippen LogP contribution in [0.4, 0.5) is 10.1 Å². The highest BCUT2D eigenvalue weighted by Crippen LogP contribution is 2.21. The van der Waals surface area contributed by atoms with Gasteiger partial charge < -0.3 is 10.5 Å². The van der Waals surface area contributed by atoms with Gasteiger partial charge in [-0.25, -0.2) is 12.8 Å². The molecule has 0 amide bonds. The van der Waals surface area contributed by atoms with Crippen LogP contribution in [0.15, 0.2) is 23.1 Å². The molecule has 1 aromatic rings. The standard InChI is InChI=1S/C12H19FN2O3S/c1-9(2)15(6-7-18-3)19(16,17)10-4-5-12(14)11(13)8-10/h4-5,8-9H,6-7,14H2,1-3H3. The number of ether oxygens (including phenoxy) is 1. The largest absolute Gasteiger partial charge is 0.396 e. The molecule has 0 bridgehead atoms. The second-order valence-corrected chi connectivity index (χ2v) is 6.28. The van der Waals surface area contributed by atoms with Gasteiger partial charge in [0, 0.05) is 19.7 Å². The average molecular weight is 290 g/mol. The van der Waals surface area contributed by atoms with Crippen molar-refractivity contribution >= 4 is 15.7 Å². The molecular formula is C12H19FN2O3S. The van der Waals surface area contributed by atoms with Crippen LogP contribution in [0, 0.1) is 5.82 Å². The summed E-state index contributed by atoms with van der Waals surface area (Å²) >= 11 is 0. The van der Waals surface area contributed by atoms with Gasteiger partial charge in [-0.3, -0.25) is 0 Å². The fourth-order valence-electron chi connectivity index (χ4n) is 1.64. The Balaban J connectivity index is 3.15. The van der Waals surface area contributed by atoms with E-state index in [0.29, 0.717) is 0 Å². The SMILES string of the molecule is COCCN(C(C)C)S(=O)(=O)c1ccc(N)c(F)c1. The number of methoxy groups -OCH3 is 1. The third-order valence-electron chi connectivity index (χ3n) is 2.67. The highest BCUT2D eigenvalue weighted by atomic mass is 32.2. The van der Waals surface area contributed by atoms with E-state index in [1.165, 1.54) is 23.5 Å². The van der Waals surface area contributed by atoms with Crippen molar-refractivity contribution in [3.8, 4) is 0 Å². The summed E-state index contributed by atoms with van der Waals surface area (Å²) in [5.41, 5.74) is 5.27. The summed E-state index contributed by atoms with van der Waals surface area (Å²) in [6.07, 6.45) is 0. The number of halogens is 1. The Morgan fingerprint density at radius 3 is 2.53 bits per heavy atom. The molecule has 5 nitrogen and oxygen atoms in total. The molecule has 0 radical (unpaired) electrons. The van der Waals surface area contributed by atoms with Crippen molar-refractivity contribution in [1.29, 1.82) is 0 Å². The van der Waals surface area contributed by atoms with Gasteiger partial charge in [0.05, 0.1) is 17.2 Å². The van der Waals surface area contributed by atoms with Crippen molar-refractivity contribution in [2.24, 2.45) is 0 Å². The lowest BCUT2D eigenvalue weighted by molar-refractivity contribution is 0.171. The molecule has 2 N–H and O–H groups in total. The predicted molar refractivity (Wildman–Crippen MR) is 71.7 cm³/mol. The first-order chi connectivity index (χ1) is 8.80. The molecular weight excluding hydrogens is 271 g/mol. The molecule has 0 saturated heterocycles. The fraction of sp³-hybridized carbons (Fsp3) is 0.500. The van der Waals surface area contributed by atoms with Crippen molar-refractivity contribution in [2.45, 2.75) is 24.8 Å². The zero-order valence-corrected chi connectivity index (χ0v) is 12.1. The topological polar surface area (TPSA) is 72.6 Å². The minimum Gasteiger partial charge on any atom is -0.396 e. The van der Waals surface area contributed by atoms with Gasteiger partial charge in [-0.05, 0) is 32.0 Å². The minimum absolute atomic E-state index is 0.0769. The molecule has 1 aromatic carbocycles. The maximum atomic E-state index is 13.4. The molecule has 0 heterocycles. The zero-order valence-electron chi connectivity index (χ0n) is 11.3. The van der Waals surface area contributed by atoms with Gasteiger partial charge in [0.15, 0.2) is 0 Å². The van der Waals surface area contributed by atoms with Crippen molar-refractivity contribution in [1.82, 2.24) is 4.31 Å². The normalized spacial score (nSPS) is 12.3. The van der Waals surface area contributed by atoms with Crippen molar-refractivity contribution < 1.29 is 17.5 Å². The summed E-state index contributed by atoms with van der Waals surface area (Å²) in [4.78, 5) is -0.107. The number of nitrogens with zero attached hydrogens (tertiary/aromatic N) is 1. The Kier molecular flexibility index (Phi) is 5.28. The maximum absolute atomic E-state index is 13.4. The zero-order chi connectivity index (χ0) is 14.6. The molecule has 0 unspecified atom stereocenters. The van der Waals surface area contributed by atoms with E-state index in [4.69, 9.17) is 10.5 Å². The first-order valence-electron chi connectivity index (χ1n) is 5.86. The monoisotopic (exact) mass is 290 g/mol. The van der Waals surface area contributed by atoms with Crippen LogP contribution in [0.1, 0.15) is 13.8 Å². The van der Waals surface area contributed by atoms with E-state index in [2.05, 4.69) is 0 Å². The fourth-order valence-corrected chi connectivity index (χ4v) is 3.27. The van der Waals surface area contributed by atoms with Gasteiger partial charge in [-0.1, -0.05) is 0 Å². The summed E-state index contributed by atoms with van der Waals surface area (Å²) in [6.45, 7) is 3.99. The Morgan fingerprint density at radius 2 is 2.05 bits per heavy atom. The van der Waals surface area contributed by atoms with Crippen LogP contribution in [-0.4, -0.2) is 39.0 Å². The third-order valence-corrected chi connectivity index (χ3v) is 4.74. The summed E-state index contributed by atoms with van der Waals surface area (Å²) in [6, 6.07) is 3.24. The van der Waals surface area contributed by atoms with Gasteiger partial charge in [-0.2, -0.15) is 4.31 Å². The number of hydrogen-bond donors (Lipinski definition) is 1. The smallest absolute Gasteiger partial charge is 0.243 e. The Morgan fingerprint density at radius 1 is 1.42 bits per heavy atom. The van der Waals surface area contributed by atoms with Gasteiger partial charge in [0.1, 0.15) is 5.82 Å². The second-order valence-electron chi connectivity index (χ2n) is 4.39. The molecule has 0 saturated carbocycles. The molecule has 0 aliphatic rings. The predicted octanol–water partition coefficient (Wildman–Crippen LogP) is 1.45. The minimum atomic E-state index is -3.75. The van der Waals surface area contributed by atoms with Gasteiger partial charge in [-0.15, -0.1) is 0 Å². The average Bonchev–Trinajstić information content (AvgIpc) is 2.32. The van der Waals surface area contributed by atoms with Crippen LogP contribution >= 0.6 is 0 Å². The number of benzene rings is 1. The van der Waals surface area contributed by atoms with Crippen LogP contribution in [0.5, 0.6) is 0 Å². The summed E-state index contributed by atoms with van der Waals surface area (Å²) in [5, 5.41) is 0. The molecule has 108 valence electrons. The summed E-state index contributed by atoms with van der Waals surface area (Å²) in [7, 11) is -2.26. The molecule has 0 aliphatic carbocycles.